The number of guanidine groups is 1. The van der Waals surface area contributed by atoms with Crippen molar-refractivity contribution >= 4 is 62.5 Å². The first-order chi connectivity index (χ1) is 13.8. The Bertz CT molecular complexity index is 949. The van der Waals surface area contributed by atoms with Crippen molar-refractivity contribution in [1.82, 2.24) is 10.6 Å². The molecule has 0 saturated heterocycles. The maximum absolute atomic E-state index is 11.6. The molecule has 1 heterocycles. The van der Waals surface area contributed by atoms with Gasteiger partial charge in [-0.3, -0.25) is 15.1 Å². The van der Waals surface area contributed by atoms with E-state index in [9.17, 15) is 18.5 Å². The minimum atomic E-state index is -3.51. The van der Waals surface area contributed by atoms with Crippen molar-refractivity contribution in [2.75, 3.05) is 37.8 Å². The summed E-state index contributed by atoms with van der Waals surface area (Å²) in [7, 11) is -3.51. The summed E-state index contributed by atoms with van der Waals surface area (Å²) >= 11 is 1.70. The number of nitro groups is 1. The van der Waals surface area contributed by atoms with Crippen molar-refractivity contribution in [2.45, 2.75) is 18.2 Å². The van der Waals surface area contributed by atoms with E-state index in [2.05, 4.69) is 27.0 Å². The number of nitrogens with one attached hydrogen (secondary N) is 3. The fourth-order valence-corrected chi connectivity index (χ4v) is 3.83. The van der Waals surface area contributed by atoms with E-state index < -0.39 is 14.8 Å². The van der Waals surface area contributed by atoms with Crippen LogP contribution >= 0.6 is 35.3 Å². The molecule has 0 aliphatic rings. The van der Waals surface area contributed by atoms with Crippen LogP contribution in [0.1, 0.15) is 11.8 Å². The van der Waals surface area contributed by atoms with Crippen LogP contribution in [0.3, 0.4) is 0 Å². The standard InChI is InChI=1S/C18H25N5O4S2.HI/c1-3-19-18(21-9-8-14-5-4-12-28-14)22-11-10-20-16-7-6-15(29(2,26)27)13-17(16)23(24)25;/h4-7,12-13,20H,3,8-11H2,1-2H3,(H2,19,21,22);1H. The SMILES string of the molecule is CCNC(=NCCc1cccs1)NCCNc1ccc(S(C)(=O)=O)cc1[N+](=O)[O-].I. The van der Waals surface area contributed by atoms with Crippen LogP contribution < -0.4 is 16.0 Å². The highest BCUT2D eigenvalue weighted by Gasteiger charge is 2.18. The van der Waals surface area contributed by atoms with Gasteiger partial charge in [-0.05, 0) is 30.5 Å². The average Bonchev–Trinajstić information content (AvgIpc) is 3.17. The number of nitro benzene ring substituents is 1. The molecule has 3 N–H and O–H groups in total. The summed E-state index contributed by atoms with van der Waals surface area (Å²) in [5.41, 5.74) is -0.00622. The number of hydrogen-bond acceptors (Lipinski definition) is 7. The van der Waals surface area contributed by atoms with Crippen LogP contribution in [-0.2, 0) is 16.3 Å². The maximum Gasteiger partial charge on any atom is 0.293 e. The summed E-state index contributed by atoms with van der Waals surface area (Å²) in [6.45, 7) is 4.23. The lowest BCUT2D eigenvalue weighted by molar-refractivity contribution is -0.384. The molecular formula is C18H26IN5O4S2. The molecule has 9 nitrogen and oxygen atoms in total. The van der Waals surface area contributed by atoms with E-state index in [0.29, 0.717) is 25.6 Å². The van der Waals surface area contributed by atoms with E-state index in [1.54, 1.807) is 11.3 Å². The summed E-state index contributed by atoms with van der Waals surface area (Å²) in [6.07, 6.45) is 1.88. The molecular weight excluding hydrogens is 541 g/mol. The van der Waals surface area contributed by atoms with Gasteiger partial charge < -0.3 is 16.0 Å². The Balaban J connectivity index is 0.00000450. The highest BCUT2D eigenvalue weighted by molar-refractivity contribution is 14.0. The molecule has 1 aromatic carbocycles. The number of aliphatic imine (C=N–C) groups is 1. The maximum atomic E-state index is 11.6. The second kappa shape index (κ2) is 12.7. The lowest BCUT2D eigenvalue weighted by Crippen LogP contribution is -2.39. The first-order valence-electron chi connectivity index (χ1n) is 9.08. The third kappa shape index (κ3) is 8.44. The molecule has 2 rings (SSSR count). The van der Waals surface area contributed by atoms with Crippen molar-refractivity contribution in [3.63, 3.8) is 0 Å². The number of sulfone groups is 1. The number of nitrogens with zero attached hydrogens (tertiary/aromatic N) is 2. The fraction of sp³-hybridized carbons (Fsp3) is 0.389. The molecule has 166 valence electrons. The van der Waals surface area contributed by atoms with Gasteiger partial charge in [-0.2, -0.15) is 0 Å². The van der Waals surface area contributed by atoms with Crippen LogP contribution in [0.4, 0.5) is 11.4 Å². The zero-order chi connectivity index (χ0) is 21.3. The van der Waals surface area contributed by atoms with Gasteiger partial charge in [-0.1, -0.05) is 6.07 Å². The van der Waals surface area contributed by atoms with Gasteiger partial charge in [0.15, 0.2) is 15.8 Å². The van der Waals surface area contributed by atoms with E-state index in [-0.39, 0.29) is 40.2 Å². The second-order valence-electron chi connectivity index (χ2n) is 6.15. The Labute approximate surface area is 197 Å². The van der Waals surface area contributed by atoms with Crippen molar-refractivity contribution < 1.29 is 13.3 Å². The predicted octanol–water partition coefficient (Wildman–Crippen LogP) is 2.89. The molecule has 2 aromatic rings. The quantitative estimate of drug-likeness (QED) is 0.101. The molecule has 1 aromatic heterocycles. The number of rotatable bonds is 10. The Morgan fingerprint density at radius 3 is 2.60 bits per heavy atom. The van der Waals surface area contributed by atoms with Gasteiger partial charge in [0.2, 0.25) is 0 Å². The molecule has 0 unspecified atom stereocenters. The monoisotopic (exact) mass is 567 g/mol. The molecule has 0 fully saturated rings. The lowest BCUT2D eigenvalue weighted by atomic mass is 10.2. The van der Waals surface area contributed by atoms with Gasteiger partial charge in [-0.15, -0.1) is 35.3 Å². The zero-order valence-electron chi connectivity index (χ0n) is 16.8. The Hall–Kier alpha value is -1.93. The van der Waals surface area contributed by atoms with E-state index in [0.717, 1.165) is 25.3 Å². The average molecular weight is 567 g/mol. The first-order valence-corrected chi connectivity index (χ1v) is 11.8. The van der Waals surface area contributed by atoms with Crippen molar-refractivity contribution in [1.29, 1.82) is 0 Å². The Morgan fingerprint density at radius 2 is 2.00 bits per heavy atom. The molecule has 0 aliphatic heterocycles. The fourth-order valence-electron chi connectivity index (χ4n) is 2.50. The topological polar surface area (TPSA) is 126 Å². The van der Waals surface area contributed by atoms with Gasteiger partial charge >= 0.3 is 0 Å². The lowest BCUT2D eigenvalue weighted by Gasteiger charge is -2.12. The van der Waals surface area contributed by atoms with Crippen LogP contribution in [0.25, 0.3) is 0 Å². The normalized spacial score (nSPS) is 11.5. The Kier molecular flexibility index (Phi) is 11.0. The summed E-state index contributed by atoms with van der Waals surface area (Å²) in [5.74, 6) is 0.674. The summed E-state index contributed by atoms with van der Waals surface area (Å²) in [6, 6.07) is 7.93. The summed E-state index contributed by atoms with van der Waals surface area (Å²) in [4.78, 5) is 16.4. The van der Waals surface area contributed by atoms with Crippen LogP contribution in [0.15, 0.2) is 45.6 Å². The number of benzene rings is 1. The van der Waals surface area contributed by atoms with Crippen molar-refractivity contribution in [2.24, 2.45) is 4.99 Å². The van der Waals surface area contributed by atoms with E-state index >= 15 is 0 Å². The third-order valence-electron chi connectivity index (χ3n) is 3.88. The third-order valence-corrected chi connectivity index (χ3v) is 5.93. The van der Waals surface area contributed by atoms with Crippen molar-refractivity contribution in [3.05, 3.63) is 50.7 Å². The highest BCUT2D eigenvalue weighted by Crippen LogP contribution is 2.27. The van der Waals surface area contributed by atoms with Crippen molar-refractivity contribution in [3.8, 4) is 0 Å². The first kappa shape index (κ1) is 26.1. The Morgan fingerprint density at radius 1 is 1.23 bits per heavy atom. The van der Waals surface area contributed by atoms with E-state index in [4.69, 9.17) is 0 Å². The number of halogens is 1. The molecule has 0 saturated carbocycles. The molecule has 0 aliphatic carbocycles. The molecule has 0 bridgehead atoms. The number of thiophene rings is 1. The molecule has 30 heavy (non-hydrogen) atoms. The molecule has 12 heteroatoms. The largest absolute Gasteiger partial charge is 0.378 e. The van der Waals surface area contributed by atoms with Crippen LogP contribution in [0, 0.1) is 10.1 Å². The zero-order valence-corrected chi connectivity index (χ0v) is 20.7. The minimum absolute atomic E-state index is 0. The smallest absolute Gasteiger partial charge is 0.293 e. The van der Waals surface area contributed by atoms with Crippen LogP contribution in [0.2, 0.25) is 0 Å². The van der Waals surface area contributed by atoms with Crippen LogP contribution in [-0.4, -0.2) is 51.7 Å². The molecule has 0 amide bonds. The van der Waals surface area contributed by atoms with Gasteiger partial charge in [0.1, 0.15) is 5.69 Å². The predicted molar refractivity (Wildman–Crippen MR) is 132 cm³/mol. The number of anilines is 1. The van der Waals surface area contributed by atoms with Gasteiger partial charge in [-0.25, -0.2) is 8.42 Å². The molecule has 0 spiro atoms. The summed E-state index contributed by atoms with van der Waals surface area (Å²) < 4.78 is 23.2. The second-order valence-corrected chi connectivity index (χ2v) is 9.20. The highest BCUT2D eigenvalue weighted by atomic mass is 127. The van der Waals surface area contributed by atoms with Gasteiger partial charge in [0, 0.05) is 49.8 Å². The van der Waals surface area contributed by atoms with Crippen LogP contribution in [0.5, 0.6) is 0 Å². The van der Waals surface area contributed by atoms with E-state index in [1.165, 1.54) is 17.0 Å². The number of hydrogen-bond donors (Lipinski definition) is 3. The molecule has 0 atom stereocenters. The van der Waals surface area contributed by atoms with E-state index in [1.807, 2.05) is 18.4 Å². The van der Waals surface area contributed by atoms with Gasteiger partial charge in [0.25, 0.3) is 5.69 Å². The minimum Gasteiger partial charge on any atom is -0.378 e. The van der Waals surface area contributed by atoms with Gasteiger partial charge in [0.05, 0.1) is 9.82 Å². The molecule has 0 radical (unpaired) electrons. The summed E-state index contributed by atoms with van der Waals surface area (Å²) in [5, 5.41) is 22.6.